The molecule has 0 saturated carbocycles. The third-order valence-electron chi connectivity index (χ3n) is 5.48. The number of nitrogens with one attached hydrogen (secondary N) is 1. The van der Waals surface area contributed by atoms with Crippen LogP contribution < -0.4 is 10.2 Å². The molecule has 3 rings (SSSR count). The van der Waals surface area contributed by atoms with Gasteiger partial charge < -0.3 is 10.2 Å². The maximum Gasteiger partial charge on any atom is 0.128 e. The van der Waals surface area contributed by atoms with Gasteiger partial charge in [-0.3, -0.25) is 9.88 Å². The molecule has 2 aromatic rings. The maximum atomic E-state index is 4.69. The van der Waals surface area contributed by atoms with Crippen molar-refractivity contribution in [3.05, 3.63) is 54.0 Å². The van der Waals surface area contributed by atoms with Gasteiger partial charge in [0.15, 0.2) is 0 Å². The quantitative estimate of drug-likeness (QED) is 0.812. The van der Waals surface area contributed by atoms with Crippen molar-refractivity contribution in [1.29, 1.82) is 0 Å². The number of nitrogens with zero attached hydrogens (tertiary/aromatic N) is 4. The Hall–Kier alpha value is -1.98. The number of rotatable bonds is 7. The molecule has 27 heavy (non-hydrogen) atoms. The number of pyridine rings is 2. The normalized spacial score (nSPS) is 17.9. The van der Waals surface area contributed by atoms with Crippen molar-refractivity contribution in [2.24, 2.45) is 0 Å². The molecule has 1 aliphatic heterocycles. The molecule has 2 aromatic heterocycles. The van der Waals surface area contributed by atoms with Gasteiger partial charge in [-0.15, -0.1) is 0 Å². The predicted molar refractivity (Wildman–Crippen MR) is 112 cm³/mol. The Morgan fingerprint density at radius 3 is 2.67 bits per heavy atom. The predicted octanol–water partition coefficient (Wildman–Crippen LogP) is 3.47. The molecule has 1 unspecified atom stereocenters. The summed E-state index contributed by atoms with van der Waals surface area (Å²) in [6.07, 6.45) is 7.59. The van der Waals surface area contributed by atoms with Gasteiger partial charge in [0.2, 0.25) is 0 Å². The molecule has 3 heterocycles. The van der Waals surface area contributed by atoms with Crippen LogP contribution in [0.4, 0.5) is 5.82 Å². The van der Waals surface area contributed by atoms with E-state index in [1.54, 1.807) is 0 Å². The van der Waals surface area contributed by atoms with E-state index in [4.69, 9.17) is 4.98 Å². The molecular weight excluding hydrogens is 334 g/mol. The SMILES string of the molecule is CC(C)N(C)c1ccc(CN(Cc2ccccn2)C2CCCNCC2)cn1. The molecule has 0 amide bonds. The summed E-state index contributed by atoms with van der Waals surface area (Å²) in [6.45, 7) is 8.40. The Labute approximate surface area is 163 Å². The Balaban J connectivity index is 1.73. The van der Waals surface area contributed by atoms with Crippen LogP contribution >= 0.6 is 0 Å². The van der Waals surface area contributed by atoms with Gasteiger partial charge in [-0.1, -0.05) is 12.1 Å². The van der Waals surface area contributed by atoms with Crippen LogP contribution in [0.3, 0.4) is 0 Å². The molecule has 0 bridgehead atoms. The fourth-order valence-corrected chi connectivity index (χ4v) is 3.60. The lowest BCUT2D eigenvalue weighted by atomic mass is 10.1. The standard InChI is InChI=1S/C22H33N5/c1-18(2)26(3)22-10-9-19(15-25-22)16-27(17-20-7-4-5-13-24-20)21-8-6-12-23-14-11-21/h4-5,7,9-10,13,15,18,21,23H,6,8,11-12,14,16-17H2,1-3H3. The zero-order valence-corrected chi connectivity index (χ0v) is 16.9. The fourth-order valence-electron chi connectivity index (χ4n) is 3.60. The summed E-state index contributed by atoms with van der Waals surface area (Å²) in [5, 5.41) is 3.53. The van der Waals surface area contributed by atoms with E-state index in [0.717, 1.165) is 37.7 Å². The van der Waals surface area contributed by atoms with Crippen LogP contribution in [0.25, 0.3) is 0 Å². The molecule has 0 spiro atoms. The minimum Gasteiger partial charge on any atom is -0.357 e. The number of hydrogen-bond acceptors (Lipinski definition) is 5. The minimum atomic E-state index is 0.447. The molecule has 5 heteroatoms. The van der Waals surface area contributed by atoms with E-state index < -0.39 is 0 Å². The summed E-state index contributed by atoms with van der Waals surface area (Å²) in [5.41, 5.74) is 2.41. The molecule has 146 valence electrons. The molecule has 1 aliphatic rings. The maximum absolute atomic E-state index is 4.69. The van der Waals surface area contributed by atoms with Gasteiger partial charge >= 0.3 is 0 Å². The van der Waals surface area contributed by atoms with Gasteiger partial charge in [-0.25, -0.2) is 4.98 Å². The zero-order chi connectivity index (χ0) is 19.1. The molecule has 0 radical (unpaired) electrons. The van der Waals surface area contributed by atoms with E-state index in [1.165, 1.54) is 24.8 Å². The van der Waals surface area contributed by atoms with Gasteiger partial charge in [-0.2, -0.15) is 0 Å². The van der Waals surface area contributed by atoms with Crippen molar-refractivity contribution in [3.8, 4) is 0 Å². The van der Waals surface area contributed by atoms with Crippen molar-refractivity contribution < 1.29 is 0 Å². The summed E-state index contributed by atoms with van der Waals surface area (Å²) < 4.78 is 0. The molecule has 1 atom stereocenters. The smallest absolute Gasteiger partial charge is 0.128 e. The summed E-state index contributed by atoms with van der Waals surface area (Å²) in [4.78, 5) is 14.0. The Bertz CT molecular complexity index is 663. The summed E-state index contributed by atoms with van der Waals surface area (Å²) in [7, 11) is 2.10. The second-order valence-electron chi connectivity index (χ2n) is 7.79. The number of aromatic nitrogens is 2. The van der Waals surface area contributed by atoms with E-state index in [-0.39, 0.29) is 0 Å². The van der Waals surface area contributed by atoms with Crippen LogP contribution in [0.5, 0.6) is 0 Å². The van der Waals surface area contributed by atoms with Gasteiger partial charge in [0.05, 0.1) is 5.69 Å². The van der Waals surface area contributed by atoms with E-state index >= 15 is 0 Å². The fraction of sp³-hybridized carbons (Fsp3) is 0.545. The summed E-state index contributed by atoms with van der Waals surface area (Å²) >= 11 is 0. The van der Waals surface area contributed by atoms with E-state index in [0.29, 0.717) is 12.1 Å². The van der Waals surface area contributed by atoms with Crippen LogP contribution in [0.15, 0.2) is 42.7 Å². The first-order chi connectivity index (χ1) is 13.1. The van der Waals surface area contributed by atoms with E-state index in [2.05, 4.69) is 65.3 Å². The largest absolute Gasteiger partial charge is 0.357 e. The average molecular weight is 368 g/mol. The molecule has 1 fully saturated rings. The van der Waals surface area contributed by atoms with Crippen LogP contribution in [0.1, 0.15) is 44.4 Å². The molecule has 5 nitrogen and oxygen atoms in total. The van der Waals surface area contributed by atoms with Crippen molar-refractivity contribution in [1.82, 2.24) is 20.2 Å². The van der Waals surface area contributed by atoms with Crippen molar-refractivity contribution in [2.75, 3.05) is 25.0 Å². The Morgan fingerprint density at radius 2 is 1.96 bits per heavy atom. The van der Waals surface area contributed by atoms with Gasteiger partial charge in [0, 0.05) is 44.6 Å². The zero-order valence-electron chi connectivity index (χ0n) is 16.9. The van der Waals surface area contributed by atoms with Crippen LogP contribution in [0, 0.1) is 0 Å². The minimum absolute atomic E-state index is 0.447. The lowest BCUT2D eigenvalue weighted by molar-refractivity contribution is 0.162. The molecular formula is C22H33N5. The van der Waals surface area contributed by atoms with Crippen molar-refractivity contribution >= 4 is 5.82 Å². The first-order valence-corrected chi connectivity index (χ1v) is 10.2. The third-order valence-corrected chi connectivity index (χ3v) is 5.48. The van der Waals surface area contributed by atoms with Crippen LogP contribution in [-0.4, -0.2) is 47.1 Å². The molecule has 0 aliphatic carbocycles. The summed E-state index contributed by atoms with van der Waals surface area (Å²) in [5.74, 6) is 1.03. The van der Waals surface area contributed by atoms with Crippen LogP contribution in [0.2, 0.25) is 0 Å². The van der Waals surface area contributed by atoms with Crippen LogP contribution in [-0.2, 0) is 13.1 Å². The highest BCUT2D eigenvalue weighted by molar-refractivity contribution is 5.39. The Morgan fingerprint density at radius 1 is 1.07 bits per heavy atom. The highest BCUT2D eigenvalue weighted by atomic mass is 15.2. The van der Waals surface area contributed by atoms with Gasteiger partial charge in [0.25, 0.3) is 0 Å². The lowest BCUT2D eigenvalue weighted by Crippen LogP contribution is -2.35. The lowest BCUT2D eigenvalue weighted by Gasteiger charge is -2.31. The second-order valence-corrected chi connectivity index (χ2v) is 7.79. The highest BCUT2D eigenvalue weighted by Gasteiger charge is 2.21. The van der Waals surface area contributed by atoms with Crippen molar-refractivity contribution in [3.63, 3.8) is 0 Å². The highest BCUT2D eigenvalue weighted by Crippen LogP contribution is 2.20. The average Bonchev–Trinajstić information content (AvgIpc) is 2.98. The number of anilines is 1. The second kappa shape index (κ2) is 9.81. The summed E-state index contributed by atoms with van der Waals surface area (Å²) in [6, 6.07) is 11.6. The monoisotopic (exact) mass is 367 g/mol. The first-order valence-electron chi connectivity index (χ1n) is 10.2. The topological polar surface area (TPSA) is 44.3 Å². The van der Waals surface area contributed by atoms with Gasteiger partial charge in [0.1, 0.15) is 5.82 Å². The third kappa shape index (κ3) is 5.75. The van der Waals surface area contributed by atoms with E-state index in [9.17, 15) is 0 Å². The van der Waals surface area contributed by atoms with Crippen molar-refractivity contribution in [2.45, 2.75) is 58.3 Å². The van der Waals surface area contributed by atoms with E-state index in [1.807, 2.05) is 18.5 Å². The molecule has 0 aromatic carbocycles. The van der Waals surface area contributed by atoms with Gasteiger partial charge in [-0.05, 0) is 70.0 Å². The Kier molecular flexibility index (Phi) is 7.18. The number of hydrogen-bond donors (Lipinski definition) is 1. The molecule has 1 N–H and O–H groups in total. The first kappa shape index (κ1) is 19.8. The molecule has 1 saturated heterocycles.